The Labute approximate surface area is 187 Å². The number of amides is 2. The Hall–Kier alpha value is -2.52. The number of hydrogen-bond acceptors (Lipinski definition) is 5. The molecule has 1 unspecified atom stereocenters. The Morgan fingerprint density at radius 3 is 2.09 bits per heavy atom. The van der Waals surface area contributed by atoms with Crippen LogP contribution in [-0.4, -0.2) is 64.6 Å². The molecule has 1 fully saturated rings. The van der Waals surface area contributed by atoms with E-state index in [1.807, 2.05) is 18.7 Å². The van der Waals surface area contributed by atoms with Crippen LogP contribution in [0.25, 0.3) is 0 Å². The van der Waals surface area contributed by atoms with Crippen molar-refractivity contribution in [2.45, 2.75) is 72.3 Å². The van der Waals surface area contributed by atoms with Gasteiger partial charge in [-0.3, -0.25) is 4.79 Å². The third-order valence-corrected chi connectivity index (χ3v) is 5.24. The smallest absolute Gasteiger partial charge is 0.417 e. The number of rotatable bonds is 4. The van der Waals surface area contributed by atoms with Crippen LogP contribution in [0.1, 0.15) is 65.6 Å². The number of carbonyl (C=O) groups is 2. The van der Waals surface area contributed by atoms with E-state index in [0.717, 1.165) is 12.3 Å². The monoisotopic (exact) mass is 458 g/mol. The number of aromatic nitrogens is 1. The van der Waals surface area contributed by atoms with Gasteiger partial charge < -0.3 is 19.4 Å². The predicted octanol–water partition coefficient (Wildman–Crippen LogP) is 4.48. The first kappa shape index (κ1) is 25.7. The zero-order valence-electron chi connectivity index (χ0n) is 19.8. The molecule has 0 saturated carbocycles. The highest BCUT2D eigenvalue weighted by molar-refractivity contribution is 5.74. The molecule has 0 bridgehead atoms. The second kappa shape index (κ2) is 9.54. The normalized spacial score (nSPS) is 16.2. The first-order valence-electron chi connectivity index (χ1n) is 10.7. The molecular weight excluding hydrogens is 425 g/mol. The largest absolute Gasteiger partial charge is 0.444 e. The van der Waals surface area contributed by atoms with Gasteiger partial charge in [0.2, 0.25) is 5.91 Å². The number of nitrogens with zero attached hydrogens (tertiary/aromatic N) is 4. The van der Waals surface area contributed by atoms with E-state index < -0.39 is 29.5 Å². The highest BCUT2D eigenvalue weighted by atomic mass is 19.4. The summed E-state index contributed by atoms with van der Waals surface area (Å²) in [7, 11) is 0. The minimum absolute atomic E-state index is 0.200. The number of piperazine rings is 1. The lowest BCUT2D eigenvalue weighted by Gasteiger charge is -2.39. The van der Waals surface area contributed by atoms with E-state index in [9.17, 15) is 22.8 Å². The zero-order chi connectivity index (χ0) is 24.4. The molecule has 1 aromatic rings. The van der Waals surface area contributed by atoms with Crippen LogP contribution in [0.15, 0.2) is 12.3 Å². The van der Waals surface area contributed by atoms with Gasteiger partial charge >= 0.3 is 12.3 Å². The summed E-state index contributed by atoms with van der Waals surface area (Å²) < 4.78 is 45.6. The number of pyridine rings is 1. The summed E-state index contributed by atoms with van der Waals surface area (Å²) in [5.74, 6) is 0.159. The molecule has 0 aromatic carbocycles. The van der Waals surface area contributed by atoms with Crippen molar-refractivity contribution >= 4 is 17.8 Å². The van der Waals surface area contributed by atoms with Gasteiger partial charge in [0.05, 0.1) is 11.6 Å². The van der Waals surface area contributed by atoms with Crippen LogP contribution in [0.4, 0.5) is 23.8 Å². The van der Waals surface area contributed by atoms with Gasteiger partial charge in [-0.25, -0.2) is 9.78 Å². The maximum atomic E-state index is 13.4. The summed E-state index contributed by atoms with van der Waals surface area (Å²) in [6.07, 6.45) is -4.15. The third-order valence-electron chi connectivity index (χ3n) is 5.24. The van der Waals surface area contributed by atoms with E-state index in [4.69, 9.17) is 4.74 Å². The molecule has 10 heteroatoms. The molecule has 180 valence electrons. The van der Waals surface area contributed by atoms with E-state index in [-0.39, 0.29) is 11.9 Å². The molecule has 2 heterocycles. The van der Waals surface area contributed by atoms with Crippen molar-refractivity contribution in [3.8, 4) is 0 Å². The van der Waals surface area contributed by atoms with Crippen molar-refractivity contribution in [2.24, 2.45) is 0 Å². The summed E-state index contributed by atoms with van der Waals surface area (Å²) >= 11 is 0. The van der Waals surface area contributed by atoms with E-state index in [0.29, 0.717) is 37.6 Å². The molecule has 1 aromatic heterocycles. The van der Waals surface area contributed by atoms with Gasteiger partial charge in [0, 0.05) is 50.9 Å². The number of halogens is 3. The van der Waals surface area contributed by atoms with Crippen LogP contribution < -0.4 is 4.90 Å². The number of hydrogen-bond donors (Lipinski definition) is 0. The molecule has 0 radical (unpaired) electrons. The Balaban J connectivity index is 2.34. The summed E-state index contributed by atoms with van der Waals surface area (Å²) in [5, 5.41) is 0. The van der Waals surface area contributed by atoms with Gasteiger partial charge in [-0.1, -0.05) is 0 Å². The Bertz CT molecular complexity index is 829. The summed E-state index contributed by atoms with van der Waals surface area (Å²) in [6, 6.07) is 0.265. The standard InChI is InChI=1S/C22H33F3N4O3/c1-14(2)29(16(4)30)15(3)18-12-17(22(23,24)25)13-26-19(18)27-8-10-28(11-9-27)20(31)32-21(5,6)7/h12-15H,8-11H2,1-7H3. The van der Waals surface area contributed by atoms with Crippen molar-refractivity contribution in [3.05, 3.63) is 23.4 Å². The molecule has 1 aliphatic heterocycles. The Morgan fingerprint density at radius 2 is 1.66 bits per heavy atom. The van der Waals surface area contributed by atoms with E-state index in [1.165, 1.54) is 11.8 Å². The van der Waals surface area contributed by atoms with Crippen LogP contribution in [0.5, 0.6) is 0 Å². The van der Waals surface area contributed by atoms with Crippen LogP contribution in [0, 0.1) is 0 Å². The van der Waals surface area contributed by atoms with Crippen LogP contribution in [0.2, 0.25) is 0 Å². The molecule has 0 N–H and O–H groups in total. The first-order chi connectivity index (χ1) is 14.6. The molecule has 1 saturated heterocycles. The number of alkyl halides is 3. The van der Waals surface area contributed by atoms with E-state index in [2.05, 4.69) is 4.98 Å². The predicted molar refractivity (Wildman–Crippen MR) is 115 cm³/mol. The van der Waals surface area contributed by atoms with Crippen molar-refractivity contribution < 1.29 is 27.5 Å². The fourth-order valence-corrected chi connectivity index (χ4v) is 3.86. The second-order valence-electron chi connectivity index (χ2n) is 9.29. The van der Waals surface area contributed by atoms with Crippen LogP contribution in [-0.2, 0) is 15.7 Å². The maximum absolute atomic E-state index is 13.4. The van der Waals surface area contributed by atoms with Gasteiger partial charge in [-0.2, -0.15) is 13.2 Å². The Morgan fingerprint density at radius 1 is 1.09 bits per heavy atom. The van der Waals surface area contributed by atoms with Crippen molar-refractivity contribution in [1.29, 1.82) is 0 Å². The highest BCUT2D eigenvalue weighted by Gasteiger charge is 2.35. The molecule has 1 aliphatic rings. The summed E-state index contributed by atoms with van der Waals surface area (Å²) in [4.78, 5) is 33.7. The van der Waals surface area contributed by atoms with Crippen LogP contribution in [0.3, 0.4) is 0 Å². The van der Waals surface area contributed by atoms with Crippen LogP contribution >= 0.6 is 0 Å². The highest BCUT2D eigenvalue weighted by Crippen LogP contribution is 2.36. The lowest BCUT2D eigenvalue weighted by molar-refractivity contribution is -0.137. The molecule has 2 amide bonds. The molecular formula is C22H33F3N4O3. The van der Waals surface area contributed by atoms with Crippen molar-refractivity contribution in [2.75, 3.05) is 31.1 Å². The topological polar surface area (TPSA) is 66.0 Å². The quantitative estimate of drug-likeness (QED) is 0.666. The SMILES string of the molecule is CC(=O)N(C(C)C)C(C)c1cc(C(F)(F)F)cnc1N1CCN(C(=O)OC(C)(C)C)CC1. The average Bonchev–Trinajstić information content (AvgIpc) is 2.65. The third kappa shape index (κ3) is 6.26. The number of carbonyl (C=O) groups excluding carboxylic acids is 2. The fraction of sp³-hybridized carbons (Fsp3) is 0.682. The van der Waals surface area contributed by atoms with Gasteiger partial charge in [-0.15, -0.1) is 0 Å². The van der Waals surface area contributed by atoms with Gasteiger partial charge in [0.15, 0.2) is 0 Å². The second-order valence-corrected chi connectivity index (χ2v) is 9.29. The van der Waals surface area contributed by atoms with Gasteiger partial charge in [0.25, 0.3) is 0 Å². The summed E-state index contributed by atoms with van der Waals surface area (Å²) in [5.41, 5.74) is -1.14. The minimum atomic E-state index is -4.55. The van der Waals surface area contributed by atoms with Crippen molar-refractivity contribution in [1.82, 2.24) is 14.8 Å². The average molecular weight is 459 g/mol. The molecule has 0 aliphatic carbocycles. The summed E-state index contributed by atoms with van der Waals surface area (Å²) in [6.45, 7) is 13.6. The maximum Gasteiger partial charge on any atom is 0.417 e. The molecule has 7 nitrogen and oxygen atoms in total. The zero-order valence-corrected chi connectivity index (χ0v) is 19.8. The van der Waals surface area contributed by atoms with Crippen molar-refractivity contribution in [3.63, 3.8) is 0 Å². The van der Waals surface area contributed by atoms with Gasteiger partial charge in [-0.05, 0) is 47.6 Å². The van der Waals surface area contributed by atoms with E-state index in [1.54, 1.807) is 32.6 Å². The van der Waals surface area contributed by atoms with Gasteiger partial charge in [0.1, 0.15) is 11.4 Å². The molecule has 2 rings (SSSR count). The fourth-order valence-electron chi connectivity index (χ4n) is 3.86. The lowest BCUT2D eigenvalue weighted by atomic mass is 10.0. The molecule has 32 heavy (non-hydrogen) atoms. The first-order valence-corrected chi connectivity index (χ1v) is 10.7. The molecule has 0 spiro atoms. The number of anilines is 1. The van der Waals surface area contributed by atoms with E-state index >= 15 is 0 Å². The Kier molecular flexibility index (Phi) is 7.67. The minimum Gasteiger partial charge on any atom is -0.444 e. The molecule has 1 atom stereocenters. The lowest BCUT2D eigenvalue weighted by Crippen LogP contribution is -2.50. The number of ether oxygens (including phenoxy) is 1.